The third kappa shape index (κ3) is 4.99. The molecule has 15 heteroatoms. The second-order valence-electron chi connectivity index (χ2n) is 12.7. The smallest absolute Gasteiger partial charge is 0.417 e. The van der Waals surface area contributed by atoms with E-state index in [4.69, 9.17) is 27.6 Å². The van der Waals surface area contributed by atoms with Crippen molar-refractivity contribution in [2.75, 3.05) is 12.0 Å². The number of alkyl halides is 3. The maximum Gasteiger partial charge on any atom is 0.417 e. The van der Waals surface area contributed by atoms with Crippen molar-refractivity contribution in [1.29, 1.82) is 0 Å². The number of allylic oxidation sites excluding steroid dienone is 2. The molecular weight excluding hydrogens is 688 g/mol. The molecule has 3 fully saturated rings. The van der Waals surface area contributed by atoms with Gasteiger partial charge in [-0.05, 0) is 61.1 Å². The minimum atomic E-state index is -4.74. The van der Waals surface area contributed by atoms with E-state index >= 15 is 4.79 Å². The number of halogens is 5. The zero-order valence-electron chi connectivity index (χ0n) is 25.8. The second kappa shape index (κ2) is 12.0. The number of carbonyl (C=O) groups excluding carboxylic acids is 4. The Labute approximate surface area is 287 Å². The van der Waals surface area contributed by atoms with Crippen LogP contribution < -0.4 is 5.43 Å². The maximum absolute atomic E-state index is 15.0. The monoisotopic (exact) mass is 716 g/mol. The highest BCUT2D eigenvalue weighted by molar-refractivity contribution is 6.33. The van der Waals surface area contributed by atoms with Crippen molar-refractivity contribution in [2.45, 2.75) is 50.3 Å². The van der Waals surface area contributed by atoms with Crippen LogP contribution in [0.1, 0.15) is 54.8 Å². The summed E-state index contributed by atoms with van der Waals surface area (Å²) in [5.41, 5.74) is 0.775. The first-order chi connectivity index (χ1) is 23.3. The molecule has 2 aromatic heterocycles. The van der Waals surface area contributed by atoms with Crippen LogP contribution in [0.25, 0.3) is 0 Å². The van der Waals surface area contributed by atoms with E-state index in [2.05, 4.69) is 10.4 Å². The van der Waals surface area contributed by atoms with Gasteiger partial charge in [-0.3, -0.25) is 29.5 Å². The van der Waals surface area contributed by atoms with Crippen molar-refractivity contribution in [3.8, 4) is 0 Å². The molecule has 0 radical (unpaired) electrons. The summed E-state index contributed by atoms with van der Waals surface area (Å²) in [5.74, 6) is -6.26. The number of likely N-dealkylation sites (tertiary alicyclic amines) is 1. The Morgan fingerprint density at radius 2 is 1.78 bits per heavy atom. The lowest BCUT2D eigenvalue weighted by Gasteiger charge is -2.49. The van der Waals surface area contributed by atoms with Crippen LogP contribution in [0.3, 0.4) is 0 Å². The molecule has 0 spiro atoms. The van der Waals surface area contributed by atoms with E-state index in [9.17, 15) is 32.7 Å². The van der Waals surface area contributed by atoms with Gasteiger partial charge in [0.25, 0.3) is 11.8 Å². The number of nitrogens with one attached hydrogen (secondary N) is 1. The van der Waals surface area contributed by atoms with Crippen molar-refractivity contribution >= 4 is 52.6 Å². The highest BCUT2D eigenvalue weighted by atomic mass is 35.5. The number of nitrogens with zero attached hydrogens (tertiary/aromatic N) is 3. The highest BCUT2D eigenvalue weighted by Gasteiger charge is 2.71. The number of carbonyl (C=O) groups is 4. The highest BCUT2D eigenvalue weighted by Crippen LogP contribution is 2.64. The van der Waals surface area contributed by atoms with E-state index in [1.165, 1.54) is 4.90 Å². The number of hydrazine groups is 1. The number of rotatable bonds is 7. The first-order valence-corrected chi connectivity index (χ1v) is 16.5. The molecule has 2 saturated heterocycles. The number of aliphatic hydroxyl groups is 1. The van der Waals surface area contributed by atoms with Gasteiger partial charge in [-0.2, -0.15) is 18.2 Å². The van der Waals surface area contributed by atoms with E-state index in [-0.39, 0.29) is 48.5 Å². The molecule has 1 aromatic carbocycles. The molecule has 0 bridgehead atoms. The zero-order valence-corrected chi connectivity index (χ0v) is 27.4. The largest absolute Gasteiger partial charge is 0.463 e. The minimum absolute atomic E-state index is 0.00436. The number of aliphatic hydroxyl groups excluding tert-OH is 1. The lowest BCUT2D eigenvalue weighted by atomic mass is 9.50. The molecule has 4 amide bonds. The Hall–Kier alpha value is -4.20. The molecule has 10 nitrogen and oxygen atoms in total. The Kier molecular flexibility index (Phi) is 8.15. The average molecular weight is 718 g/mol. The van der Waals surface area contributed by atoms with Crippen LogP contribution >= 0.6 is 23.2 Å². The lowest BCUT2D eigenvalue weighted by Crippen LogP contribution is -2.53. The minimum Gasteiger partial charge on any atom is -0.463 e. The molecule has 256 valence electrons. The number of benzene rings is 1. The van der Waals surface area contributed by atoms with E-state index in [0.717, 1.165) is 0 Å². The van der Waals surface area contributed by atoms with Crippen LogP contribution in [0.2, 0.25) is 10.0 Å². The third-order valence-electron chi connectivity index (χ3n) is 10.2. The number of anilines is 1. The average Bonchev–Trinajstić information content (AvgIpc) is 3.70. The number of furan rings is 1. The SMILES string of the molecule is CCCN1C(=O)[C@H]2[C@H](CC=C3[C@H]2C[C@H]2C(=O)N(Nc4ncc(C(F)(F)F)cc4Cl)C(=O)[C@@]2(c2ccc(Cl)cc2)[C@H]3c2ccc(CO)o2)C1=O. The molecule has 4 heterocycles. The first kappa shape index (κ1) is 33.3. The maximum atomic E-state index is 15.0. The Morgan fingerprint density at radius 1 is 1.04 bits per heavy atom. The summed E-state index contributed by atoms with van der Waals surface area (Å²) in [6.45, 7) is 1.67. The molecule has 4 aliphatic rings. The molecule has 0 unspecified atom stereocenters. The van der Waals surface area contributed by atoms with Crippen LogP contribution in [-0.2, 0) is 37.4 Å². The molecule has 2 aliphatic heterocycles. The van der Waals surface area contributed by atoms with E-state index in [1.807, 2.05) is 13.0 Å². The Morgan fingerprint density at radius 3 is 2.41 bits per heavy atom. The second-order valence-corrected chi connectivity index (χ2v) is 13.6. The summed E-state index contributed by atoms with van der Waals surface area (Å²) >= 11 is 12.5. The third-order valence-corrected chi connectivity index (χ3v) is 10.8. The molecular formula is C34H29Cl2F3N4O6. The number of fused-ring (bicyclic) bond motifs is 4. The number of aromatic nitrogens is 1. The first-order valence-electron chi connectivity index (χ1n) is 15.7. The van der Waals surface area contributed by atoms with Gasteiger partial charge in [-0.25, -0.2) is 4.98 Å². The quantitative estimate of drug-likeness (QED) is 0.229. The van der Waals surface area contributed by atoms with Gasteiger partial charge in [0.1, 0.15) is 23.5 Å². The van der Waals surface area contributed by atoms with Crippen LogP contribution in [0.5, 0.6) is 0 Å². The molecule has 2 N–H and O–H groups in total. The zero-order chi connectivity index (χ0) is 35.0. The number of pyridine rings is 1. The van der Waals surface area contributed by atoms with Gasteiger partial charge >= 0.3 is 6.18 Å². The van der Waals surface area contributed by atoms with Crippen LogP contribution in [0.4, 0.5) is 19.0 Å². The summed E-state index contributed by atoms with van der Waals surface area (Å²) in [4.78, 5) is 62.0. The standard InChI is InChI=1S/C34H29Cl2F3N4O6/c1-2-11-42-29(45)21-9-8-20-22(26(21)31(42)47)13-23-30(46)43(41-28-24(36)12-17(14-40-28)34(37,38)39)32(48)33(23,16-3-5-18(35)6-4-16)27(20)25-10-7-19(15-44)49-25/h3-8,10,12,14,21-23,26-27,44H,2,9,11,13,15H2,1H3,(H,40,41)/t21-,22+,23-,26-,27+,33+/m0/s1. The molecule has 7 rings (SSSR count). The van der Waals surface area contributed by atoms with Gasteiger partial charge in [0.15, 0.2) is 5.82 Å². The summed E-state index contributed by atoms with van der Waals surface area (Å²) < 4.78 is 46.2. The lowest BCUT2D eigenvalue weighted by molar-refractivity contribution is -0.141. The van der Waals surface area contributed by atoms with Crippen LogP contribution in [0, 0.1) is 23.7 Å². The van der Waals surface area contributed by atoms with Gasteiger partial charge < -0.3 is 9.52 Å². The van der Waals surface area contributed by atoms with Crippen LogP contribution in [0.15, 0.2) is 64.7 Å². The predicted molar refractivity (Wildman–Crippen MR) is 169 cm³/mol. The van der Waals surface area contributed by atoms with Crippen molar-refractivity contribution < 1.29 is 41.9 Å². The number of hydrogen-bond donors (Lipinski definition) is 2. The molecule has 1 saturated carbocycles. The van der Waals surface area contributed by atoms with Crippen molar-refractivity contribution in [3.05, 3.63) is 93.0 Å². The predicted octanol–water partition coefficient (Wildman–Crippen LogP) is 5.89. The van der Waals surface area contributed by atoms with Crippen LogP contribution in [-0.4, -0.2) is 50.2 Å². The summed E-state index contributed by atoms with van der Waals surface area (Å²) in [6, 6.07) is 10.2. The van der Waals surface area contributed by atoms with Crippen molar-refractivity contribution in [2.24, 2.45) is 23.7 Å². The van der Waals surface area contributed by atoms with E-state index in [1.54, 1.807) is 36.4 Å². The normalized spacial score (nSPS) is 28.1. The van der Waals surface area contributed by atoms with Gasteiger partial charge in [-0.15, -0.1) is 0 Å². The van der Waals surface area contributed by atoms with Crippen molar-refractivity contribution in [1.82, 2.24) is 14.9 Å². The molecule has 3 aromatic rings. The summed E-state index contributed by atoms with van der Waals surface area (Å²) in [7, 11) is 0. The topological polar surface area (TPSA) is 133 Å². The van der Waals surface area contributed by atoms with Gasteiger partial charge in [-0.1, -0.05) is 53.9 Å². The molecule has 2 aliphatic carbocycles. The van der Waals surface area contributed by atoms with Gasteiger partial charge in [0, 0.05) is 17.8 Å². The summed E-state index contributed by atoms with van der Waals surface area (Å²) in [6.07, 6.45) is -1.56. The molecule has 6 atom stereocenters. The Bertz CT molecular complexity index is 1910. The fourth-order valence-electron chi connectivity index (χ4n) is 8.23. The van der Waals surface area contributed by atoms with E-state index in [0.29, 0.717) is 39.9 Å². The fourth-order valence-corrected chi connectivity index (χ4v) is 8.57. The van der Waals surface area contributed by atoms with Gasteiger partial charge in [0.05, 0.1) is 34.3 Å². The fraction of sp³-hybridized carbons (Fsp3) is 0.382. The number of imide groups is 2. The molecule has 49 heavy (non-hydrogen) atoms. The van der Waals surface area contributed by atoms with E-state index < -0.39 is 70.2 Å². The number of amides is 4. The van der Waals surface area contributed by atoms with Gasteiger partial charge in [0.2, 0.25) is 11.8 Å². The van der Waals surface area contributed by atoms with Crippen molar-refractivity contribution in [3.63, 3.8) is 0 Å². The summed E-state index contributed by atoms with van der Waals surface area (Å²) in [5, 5.41) is 10.5. The number of hydrogen-bond acceptors (Lipinski definition) is 8. The Balaban J connectivity index is 1.41.